The van der Waals surface area contributed by atoms with Gasteiger partial charge in [-0.15, -0.1) is 0 Å². The quantitative estimate of drug-likeness (QED) is 0.474. The molecule has 0 saturated carbocycles. The summed E-state index contributed by atoms with van der Waals surface area (Å²) in [7, 11) is 0. The minimum Gasteiger partial charge on any atom is -0.370 e. The first-order chi connectivity index (χ1) is 5.61. The molecule has 1 unspecified atom stereocenters. The van der Waals surface area contributed by atoms with Gasteiger partial charge in [-0.1, -0.05) is 13.8 Å². The first-order valence-electron chi connectivity index (χ1n) is 4.32. The summed E-state index contributed by atoms with van der Waals surface area (Å²) in [4.78, 5) is 3.99. The van der Waals surface area contributed by atoms with Crippen LogP contribution in [0.25, 0.3) is 0 Å². The van der Waals surface area contributed by atoms with Gasteiger partial charge in [0.2, 0.25) is 0 Å². The second-order valence-electron chi connectivity index (χ2n) is 2.79. The van der Waals surface area contributed by atoms with Gasteiger partial charge in [-0.05, 0) is 13.3 Å². The van der Waals surface area contributed by atoms with E-state index in [4.69, 9.17) is 16.2 Å². The average Bonchev–Trinajstić information content (AvgIpc) is 2.01. The van der Waals surface area contributed by atoms with Crippen LogP contribution in [-0.2, 0) is 4.74 Å². The maximum absolute atomic E-state index is 5.36. The molecule has 72 valence electrons. The first kappa shape index (κ1) is 11.2. The zero-order valence-corrected chi connectivity index (χ0v) is 8.08. The van der Waals surface area contributed by atoms with Crippen LogP contribution >= 0.6 is 0 Å². The van der Waals surface area contributed by atoms with E-state index in [1.807, 2.05) is 6.92 Å². The van der Waals surface area contributed by atoms with Crippen molar-refractivity contribution in [3.05, 3.63) is 0 Å². The van der Waals surface area contributed by atoms with Gasteiger partial charge >= 0.3 is 0 Å². The number of aliphatic imine (C=N–C) groups is 1. The molecule has 0 aromatic rings. The highest BCUT2D eigenvalue weighted by Gasteiger charge is 2.13. The molecule has 0 aromatic carbocycles. The van der Waals surface area contributed by atoms with Crippen LogP contribution in [-0.4, -0.2) is 18.8 Å². The van der Waals surface area contributed by atoms with Gasteiger partial charge in [-0.25, -0.2) is 4.99 Å². The standard InChI is InChI=1S/C8H19N3O/c1-4-6(3)7(12-5-2)11-8(9)10/h6-7H,4-5H2,1-3H3,(H4,9,10,11)/t6-,7?/m0/s1. The van der Waals surface area contributed by atoms with E-state index in [0.717, 1.165) is 6.42 Å². The Morgan fingerprint density at radius 3 is 2.33 bits per heavy atom. The topological polar surface area (TPSA) is 73.6 Å². The van der Waals surface area contributed by atoms with Gasteiger partial charge in [0.15, 0.2) is 12.2 Å². The van der Waals surface area contributed by atoms with E-state index >= 15 is 0 Å². The Hall–Kier alpha value is -0.770. The van der Waals surface area contributed by atoms with Gasteiger partial charge in [0, 0.05) is 12.5 Å². The lowest BCUT2D eigenvalue weighted by molar-refractivity contribution is 0.0306. The maximum Gasteiger partial charge on any atom is 0.188 e. The number of ether oxygens (including phenoxy) is 1. The molecule has 0 radical (unpaired) electrons. The molecule has 0 aliphatic heterocycles. The van der Waals surface area contributed by atoms with Crippen molar-refractivity contribution in [2.75, 3.05) is 6.61 Å². The summed E-state index contributed by atoms with van der Waals surface area (Å²) in [5, 5.41) is 0. The Labute approximate surface area is 74.0 Å². The number of nitrogens with zero attached hydrogens (tertiary/aromatic N) is 1. The summed E-state index contributed by atoms with van der Waals surface area (Å²) in [5.41, 5.74) is 10.5. The van der Waals surface area contributed by atoms with Crippen molar-refractivity contribution in [2.24, 2.45) is 22.4 Å². The number of nitrogens with two attached hydrogens (primary N) is 2. The molecule has 12 heavy (non-hydrogen) atoms. The van der Waals surface area contributed by atoms with Crippen LogP contribution in [0.3, 0.4) is 0 Å². The SMILES string of the molecule is CCOC(N=C(N)N)[C@@H](C)CC. The Balaban J connectivity index is 4.12. The Bertz CT molecular complexity index is 143. The average molecular weight is 173 g/mol. The Kier molecular flexibility index (Phi) is 5.45. The summed E-state index contributed by atoms with van der Waals surface area (Å²) in [6, 6.07) is 0. The van der Waals surface area contributed by atoms with Crippen molar-refractivity contribution < 1.29 is 4.74 Å². The molecule has 2 atom stereocenters. The molecule has 4 heteroatoms. The van der Waals surface area contributed by atoms with Crippen LogP contribution in [0.4, 0.5) is 0 Å². The van der Waals surface area contributed by atoms with E-state index in [1.54, 1.807) is 0 Å². The van der Waals surface area contributed by atoms with Crippen LogP contribution in [0.5, 0.6) is 0 Å². The third-order valence-corrected chi connectivity index (χ3v) is 1.74. The van der Waals surface area contributed by atoms with Gasteiger partial charge in [-0.3, -0.25) is 0 Å². The van der Waals surface area contributed by atoms with Gasteiger partial charge in [0.25, 0.3) is 0 Å². The zero-order valence-electron chi connectivity index (χ0n) is 8.08. The van der Waals surface area contributed by atoms with Crippen LogP contribution in [0, 0.1) is 5.92 Å². The van der Waals surface area contributed by atoms with Crippen LogP contribution in [0.2, 0.25) is 0 Å². The molecule has 0 amide bonds. The molecule has 0 aliphatic rings. The van der Waals surface area contributed by atoms with Crippen molar-refractivity contribution >= 4 is 5.96 Å². The third kappa shape index (κ3) is 4.18. The molecule has 0 fully saturated rings. The molecule has 0 saturated heterocycles. The number of guanidine groups is 1. The minimum absolute atomic E-state index is 0.0914. The highest BCUT2D eigenvalue weighted by atomic mass is 16.5. The number of rotatable bonds is 5. The molecule has 0 rings (SSSR count). The molecule has 0 aromatic heterocycles. The van der Waals surface area contributed by atoms with Gasteiger partial charge in [-0.2, -0.15) is 0 Å². The predicted octanol–water partition coefficient (Wildman–Crippen LogP) is 0.668. The van der Waals surface area contributed by atoms with Gasteiger partial charge in [0.05, 0.1) is 0 Å². The molecule has 0 heterocycles. The van der Waals surface area contributed by atoms with E-state index in [2.05, 4.69) is 18.8 Å². The predicted molar refractivity (Wildman–Crippen MR) is 50.7 cm³/mol. The van der Waals surface area contributed by atoms with Crippen molar-refractivity contribution in [3.8, 4) is 0 Å². The van der Waals surface area contributed by atoms with Crippen molar-refractivity contribution in [2.45, 2.75) is 33.4 Å². The van der Waals surface area contributed by atoms with Crippen LogP contribution in [0.1, 0.15) is 27.2 Å². The summed E-state index contributed by atoms with van der Waals surface area (Å²) in [6.07, 6.45) is 0.812. The Morgan fingerprint density at radius 1 is 1.42 bits per heavy atom. The van der Waals surface area contributed by atoms with Crippen molar-refractivity contribution in [1.29, 1.82) is 0 Å². The maximum atomic E-state index is 5.36. The summed E-state index contributed by atoms with van der Waals surface area (Å²) >= 11 is 0. The Morgan fingerprint density at radius 2 is 2.00 bits per heavy atom. The van der Waals surface area contributed by atoms with E-state index in [1.165, 1.54) is 0 Å². The molecular weight excluding hydrogens is 154 g/mol. The second kappa shape index (κ2) is 5.83. The number of hydrogen-bond donors (Lipinski definition) is 2. The van der Waals surface area contributed by atoms with Crippen LogP contribution < -0.4 is 11.5 Å². The molecule has 0 bridgehead atoms. The highest BCUT2D eigenvalue weighted by Crippen LogP contribution is 2.12. The zero-order chi connectivity index (χ0) is 9.56. The lowest BCUT2D eigenvalue weighted by Crippen LogP contribution is -2.29. The molecule has 0 aliphatic carbocycles. The summed E-state index contributed by atoms with van der Waals surface area (Å²) < 4.78 is 5.36. The molecule has 4 N–H and O–H groups in total. The smallest absolute Gasteiger partial charge is 0.188 e. The van der Waals surface area contributed by atoms with E-state index in [0.29, 0.717) is 12.5 Å². The third-order valence-electron chi connectivity index (χ3n) is 1.74. The first-order valence-corrected chi connectivity index (χ1v) is 4.32. The molecule has 0 spiro atoms. The lowest BCUT2D eigenvalue weighted by Gasteiger charge is -2.18. The van der Waals surface area contributed by atoms with Crippen LogP contribution in [0.15, 0.2) is 4.99 Å². The molecule has 4 nitrogen and oxygen atoms in total. The normalized spacial score (nSPS) is 15.2. The fourth-order valence-corrected chi connectivity index (χ4v) is 0.848. The fourth-order valence-electron chi connectivity index (χ4n) is 0.848. The van der Waals surface area contributed by atoms with Crippen molar-refractivity contribution in [3.63, 3.8) is 0 Å². The second-order valence-corrected chi connectivity index (χ2v) is 2.79. The van der Waals surface area contributed by atoms with E-state index in [-0.39, 0.29) is 12.2 Å². The monoisotopic (exact) mass is 173 g/mol. The lowest BCUT2D eigenvalue weighted by atomic mass is 10.1. The van der Waals surface area contributed by atoms with Gasteiger partial charge < -0.3 is 16.2 Å². The van der Waals surface area contributed by atoms with E-state index < -0.39 is 0 Å². The van der Waals surface area contributed by atoms with Gasteiger partial charge in [0.1, 0.15) is 0 Å². The largest absolute Gasteiger partial charge is 0.370 e. The summed E-state index contributed by atoms with van der Waals surface area (Å²) in [6.45, 7) is 6.70. The van der Waals surface area contributed by atoms with E-state index in [9.17, 15) is 0 Å². The number of hydrogen-bond acceptors (Lipinski definition) is 2. The minimum atomic E-state index is -0.190. The highest BCUT2D eigenvalue weighted by molar-refractivity contribution is 5.75. The fraction of sp³-hybridized carbons (Fsp3) is 0.875. The van der Waals surface area contributed by atoms with Crippen molar-refractivity contribution in [1.82, 2.24) is 0 Å². The molecular formula is C8H19N3O. The summed E-state index contributed by atoms with van der Waals surface area (Å²) in [5.74, 6) is 0.445.